The molecule has 0 aliphatic rings. The third kappa shape index (κ3) is 32.9. The summed E-state index contributed by atoms with van der Waals surface area (Å²) in [4.78, 5) is 10.6. The van der Waals surface area contributed by atoms with E-state index in [2.05, 4.69) is 13.8 Å². The second kappa shape index (κ2) is 12.3. The van der Waals surface area contributed by atoms with Crippen molar-refractivity contribution in [3.05, 3.63) is 0 Å². The number of quaternary nitrogens is 2. The summed E-state index contributed by atoms with van der Waals surface area (Å²) in [6.45, 7) is 11.9. The maximum Gasteiger partial charge on any atom is 0.106 e. The van der Waals surface area contributed by atoms with Crippen LogP contribution in [0.3, 0.4) is 0 Å². The minimum absolute atomic E-state index is 0.663. The van der Waals surface area contributed by atoms with Crippen molar-refractivity contribution in [2.45, 2.75) is 27.7 Å². The van der Waals surface area contributed by atoms with E-state index in [1.54, 1.807) is 0 Å². The highest BCUT2D eigenvalue weighted by atomic mass is 32.3. The molecule has 0 aromatic rings. The van der Waals surface area contributed by atoms with Crippen molar-refractivity contribution < 1.29 is 36.5 Å². The largest absolute Gasteiger partial charge is 0.759 e. The van der Waals surface area contributed by atoms with Crippen LogP contribution in [0.4, 0.5) is 0 Å². The molecule has 0 saturated carbocycles. The van der Waals surface area contributed by atoms with Gasteiger partial charge in [-0.25, -0.2) is 9.68 Å². The van der Waals surface area contributed by atoms with E-state index in [0.29, 0.717) is 9.29 Å². The zero-order valence-electron chi connectivity index (χ0n) is 14.6. The number of hydrogen-bond donors (Lipinski definition) is 0. The fourth-order valence-electron chi connectivity index (χ4n) is 0.882. The van der Waals surface area contributed by atoms with Crippen LogP contribution in [0, 0.1) is 0 Å². The Bertz CT molecular complexity index is 305. The first-order chi connectivity index (χ1) is 9.24. The Morgan fingerprint density at radius 2 is 0.952 bits per heavy atom. The normalized spacial score (nSPS) is 11.9. The van der Waals surface area contributed by atoms with E-state index in [1.165, 1.54) is 0 Å². The zero-order chi connectivity index (χ0) is 17.7. The van der Waals surface area contributed by atoms with E-state index in [9.17, 15) is 0 Å². The molecule has 0 N–H and O–H groups in total. The van der Waals surface area contributed by atoms with Gasteiger partial charge in [-0.05, 0) is 27.7 Å². The minimum atomic E-state index is -5.17. The molecule has 0 fully saturated rings. The molecule has 0 rings (SSSR count). The predicted molar refractivity (Wildman–Crippen MR) is 79.0 cm³/mol. The summed E-state index contributed by atoms with van der Waals surface area (Å²) in [5.41, 5.74) is 0. The quantitative estimate of drug-likeness (QED) is 0.308. The van der Waals surface area contributed by atoms with E-state index < -0.39 is 10.4 Å². The van der Waals surface area contributed by atoms with Gasteiger partial charge in [-0.2, -0.15) is 9.29 Å². The van der Waals surface area contributed by atoms with Gasteiger partial charge in [0, 0.05) is 10.4 Å². The van der Waals surface area contributed by atoms with Crippen molar-refractivity contribution in [3.63, 3.8) is 0 Å². The highest BCUT2D eigenvalue weighted by Crippen LogP contribution is 1.95. The topological polar surface area (TPSA) is 98.7 Å². The first kappa shape index (κ1) is 25.7. The molecule has 9 heteroatoms. The highest BCUT2D eigenvalue weighted by molar-refractivity contribution is 7.79. The van der Waals surface area contributed by atoms with Crippen molar-refractivity contribution in [2.75, 3.05) is 54.5 Å². The lowest BCUT2D eigenvalue weighted by atomic mass is 10.7. The lowest BCUT2D eigenvalue weighted by molar-refractivity contribution is -1.07. The minimum Gasteiger partial charge on any atom is -0.759 e. The Morgan fingerprint density at radius 1 is 0.762 bits per heavy atom. The molecule has 0 amide bonds. The van der Waals surface area contributed by atoms with Gasteiger partial charge in [0.05, 0.1) is 28.2 Å². The van der Waals surface area contributed by atoms with Crippen LogP contribution in [-0.2, 0) is 20.1 Å². The molecule has 0 atom stereocenters. The number of hydrogen-bond acceptors (Lipinski definition) is 6. The van der Waals surface area contributed by atoms with Crippen LogP contribution >= 0.6 is 0 Å². The third-order valence-electron chi connectivity index (χ3n) is 2.48. The maximum atomic E-state index is 8.52. The van der Waals surface area contributed by atoms with Crippen LogP contribution in [0.1, 0.15) is 27.7 Å². The molecule has 0 aliphatic carbocycles. The van der Waals surface area contributed by atoms with E-state index in [4.69, 9.17) is 27.2 Å². The molecule has 0 unspecified atom stereocenters. The van der Waals surface area contributed by atoms with Gasteiger partial charge in [0.1, 0.15) is 26.3 Å². The monoisotopic (exact) mass is 332 g/mol. The Kier molecular flexibility index (Phi) is 15.0. The van der Waals surface area contributed by atoms with Gasteiger partial charge >= 0.3 is 0 Å². The first-order valence-corrected chi connectivity index (χ1v) is 8.19. The Labute approximate surface area is 129 Å². The average molecular weight is 332 g/mol. The van der Waals surface area contributed by atoms with Gasteiger partial charge < -0.3 is 9.11 Å². The first-order valence-electron chi connectivity index (χ1n) is 6.86. The fraction of sp³-hybridized carbons (Fsp3) is 1.00. The molecule has 8 nitrogen and oxygen atoms in total. The Balaban J connectivity index is -0.000000239. The smallest absolute Gasteiger partial charge is 0.106 e. The SMILES string of the molecule is CCO[N+](C)(C)CC.CCO[N+](C)(C)CC.O=S(=O)([O-])[O-]. The van der Waals surface area contributed by atoms with E-state index in [-0.39, 0.29) is 0 Å². The zero-order valence-corrected chi connectivity index (χ0v) is 15.4. The number of nitrogens with zero attached hydrogens (tertiary/aromatic N) is 2. The van der Waals surface area contributed by atoms with Gasteiger partial charge in [0.2, 0.25) is 0 Å². The van der Waals surface area contributed by atoms with Crippen LogP contribution in [0.5, 0.6) is 0 Å². The van der Waals surface area contributed by atoms with Crippen molar-refractivity contribution in [2.24, 2.45) is 0 Å². The second-order valence-corrected chi connectivity index (χ2v) is 5.84. The maximum absolute atomic E-state index is 8.52. The number of hydroxylamine groups is 6. The molecule has 0 aromatic carbocycles. The molecule has 0 radical (unpaired) electrons. The molecule has 0 aliphatic heterocycles. The fourth-order valence-corrected chi connectivity index (χ4v) is 0.882. The third-order valence-corrected chi connectivity index (χ3v) is 2.48. The summed E-state index contributed by atoms with van der Waals surface area (Å²) in [7, 11) is 3.01. The number of rotatable bonds is 6. The molecule has 0 saturated heterocycles. The van der Waals surface area contributed by atoms with Gasteiger partial charge in [-0.3, -0.25) is 8.42 Å². The van der Waals surface area contributed by atoms with Gasteiger partial charge in [0.15, 0.2) is 0 Å². The Morgan fingerprint density at radius 3 is 1.00 bits per heavy atom. The lowest BCUT2D eigenvalue weighted by Gasteiger charge is -2.23. The standard InChI is InChI=1S/2C6H16NO.H2O4S/c2*1-5-7(3,4)8-6-2;1-5(2,3)4/h2*5-6H2,1-4H3;(H2,1,2,3,4)/q2*+1;/p-2. The van der Waals surface area contributed by atoms with E-state index in [1.807, 2.05) is 42.0 Å². The second-order valence-electron chi connectivity index (χ2n) is 5.02. The molecule has 0 heterocycles. The van der Waals surface area contributed by atoms with Gasteiger partial charge in [0.25, 0.3) is 0 Å². The van der Waals surface area contributed by atoms with Crippen molar-refractivity contribution >= 4 is 10.4 Å². The Hall–Kier alpha value is -0.290. The van der Waals surface area contributed by atoms with Crippen molar-refractivity contribution in [3.8, 4) is 0 Å². The lowest BCUT2D eigenvalue weighted by Crippen LogP contribution is -2.38. The van der Waals surface area contributed by atoms with Crippen LogP contribution in [0.25, 0.3) is 0 Å². The molecular weight excluding hydrogens is 300 g/mol. The van der Waals surface area contributed by atoms with E-state index >= 15 is 0 Å². The van der Waals surface area contributed by atoms with Crippen LogP contribution in [0.15, 0.2) is 0 Å². The van der Waals surface area contributed by atoms with Crippen LogP contribution in [0.2, 0.25) is 0 Å². The van der Waals surface area contributed by atoms with Crippen molar-refractivity contribution in [1.29, 1.82) is 0 Å². The van der Waals surface area contributed by atoms with Crippen LogP contribution in [-0.4, -0.2) is 81.3 Å². The molecule has 0 bridgehead atoms. The van der Waals surface area contributed by atoms with Crippen molar-refractivity contribution in [1.82, 2.24) is 0 Å². The highest BCUT2D eigenvalue weighted by Gasteiger charge is 2.10. The predicted octanol–water partition coefficient (Wildman–Crippen LogP) is 0.730. The summed E-state index contributed by atoms with van der Waals surface area (Å²) in [6.07, 6.45) is 0. The van der Waals surface area contributed by atoms with Crippen LogP contribution < -0.4 is 0 Å². The molecule has 0 spiro atoms. The molecular formula is C12H32N2O6S. The summed E-state index contributed by atoms with van der Waals surface area (Å²) in [5.74, 6) is 0. The summed E-state index contributed by atoms with van der Waals surface area (Å²) < 4.78 is 35.4. The van der Waals surface area contributed by atoms with Gasteiger partial charge in [-0.1, -0.05) is 0 Å². The molecule has 132 valence electrons. The van der Waals surface area contributed by atoms with Gasteiger partial charge in [-0.15, -0.1) is 0 Å². The summed E-state index contributed by atoms with van der Waals surface area (Å²) in [5, 5.41) is 0. The average Bonchev–Trinajstić information content (AvgIpc) is 2.28. The summed E-state index contributed by atoms with van der Waals surface area (Å²) in [6, 6.07) is 0. The summed E-state index contributed by atoms with van der Waals surface area (Å²) >= 11 is 0. The van der Waals surface area contributed by atoms with E-state index in [0.717, 1.165) is 26.3 Å². The molecule has 21 heavy (non-hydrogen) atoms. The molecule has 0 aromatic heterocycles.